The summed E-state index contributed by atoms with van der Waals surface area (Å²) in [5.74, 6) is 1.60. The molecule has 2 saturated heterocycles. The molecule has 7 nitrogen and oxygen atoms in total. The first kappa shape index (κ1) is 22.2. The van der Waals surface area contributed by atoms with Crippen LogP contribution in [0, 0.1) is 5.92 Å². The molecule has 1 unspecified atom stereocenters. The highest BCUT2D eigenvalue weighted by Gasteiger charge is 2.37. The quantitative estimate of drug-likeness (QED) is 0.739. The van der Waals surface area contributed by atoms with Gasteiger partial charge < -0.3 is 24.0 Å². The van der Waals surface area contributed by atoms with Crippen molar-refractivity contribution in [2.45, 2.75) is 58.1 Å². The average Bonchev–Trinajstić information content (AvgIpc) is 3.21. The van der Waals surface area contributed by atoms with Gasteiger partial charge in [-0.05, 0) is 58.6 Å². The Morgan fingerprint density at radius 3 is 2.30 bits per heavy atom. The lowest BCUT2D eigenvalue weighted by atomic mass is 9.94. The van der Waals surface area contributed by atoms with E-state index in [4.69, 9.17) is 14.2 Å². The van der Waals surface area contributed by atoms with E-state index in [2.05, 4.69) is 0 Å². The van der Waals surface area contributed by atoms with Crippen LogP contribution < -0.4 is 9.47 Å². The topological polar surface area (TPSA) is 68.3 Å². The minimum atomic E-state index is -0.510. The Bertz CT molecular complexity index is 765. The van der Waals surface area contributed by atoms with Crippen LogP contribution in [0.3, 0.4) is 0 Å². The number of likely N-dealkylation sites (tertiary alicyclic amines) is 2. The summed E-state index contributed by atoms with van der Waals surface area (Å²) in [6.45, 7) is 7.45. The molecule has 0 aromatic heterocycles. The molecular weight excluding hydrogens is 384 g/mol. The van der Waals surface area contributed by atoms with Gasteiger partial charge in [0.1, 0.15) is 17.1 Å². The maximum absolute atomic E-state index is 13.3. The zero-order valence-corrected chi connectivity index (χ0v) is 18.8. The number of amides is 2. The number of carbonyl (C=O) groups is 2. The van der Waals surface area contributed by atoms with Crippen molar-refractivity contribution in [2.24, 2.45) is 5.92 Å². The van der Waals surface area contributed by atoms with E-state index in [9.17, 15) is 9.59 Å². The third kappa shape index (κ3) is 4.99. The Hall–Kier alpha value is -2.44. The van der Waals surface area contributed by atoms with Gasteiger partial charge in [-0.3, -0.25) is 4.79 Å². The summed E-state index contributed by atoms with van der Waals surface area (Å²) < 4.78 is 16.3. The molecule has 0 bridgehead atoms. The molecule has 1 aromatic rings. The van der Waals surface area contributed by atoms with Crippen LogP contribution in [0.25, 0.3) is 0 Å². The van der Waals surface area contributed by atoms with Crippen LogP contribution >= 0.6 is 0 Å². The zero-order chi connectivity index (χ0) is 21.9. The largest absolute Gasteiger partial charge is 0.497 e. The Balaban J connectivity index is 1.65. The van der Waals surface area contributed by atoms with Gasteiger partial charge in [0.05, 0.1) is 20.3 Å². The van der Waals surface area contributed by atoms with E-state index in [0.29, 0.717) is 25.9 Å². The second-order valence-corrected chi connectivity index (χ2v) is 9.04. The molecule has 1 atom stereocenters. The number of benzene rings is 1. The smallest absolute Gasteiger partial charge is 0.410 e. The fourth-order valence-corrected chi connectivity index (χ4v) is 4.32. The van der Waals surface area contributed by atoms with Crippen LogP contribution in [0.2, 0.25) is 0 Å². The molecule has 0 aliphatic carbocycles. The highest BCUT2D eigenvalue weighted by atomic mass is 16.6. The molecule has 30 heavy (non-hydrogen) atoms. The number of piperidine rings is 1. The first-order valence-electron chi connectivity index (χ1n) is 10.7. The van der Waals surface area contributed by atoms with Crippen LogP contribution in [0.4, 0.5) is 4.79 Å². The van der Waals surface area contributed by atoms with E-state index < -0.39 is 5.60 Å². The van der Waals surface area contributed by atoms with Gasteiger partial charge in [0.15, 0.2) is 0 Å². The van der Waals surface area contributed by atoms with Crippen molar-refractivity contribution in [3.8, 4) is 11.5 Å². The van der Waals surface area contributed by atoms with Crippen LogP contribution in [0.1, 0.15) is 58.1 Å². The fourth-order valence-electron chi connectivity index (χ4n) is 4.32. The monoisotopic (exact) mass is 418 g/mol. The number of rotatable bonds is 4. The van der Waals surface area contributed by atoms with Crippen LogP contribution in [0.5, 0.6) is 11.5 Å². The Morgan fingerprint density at radius 1 is 1.00 bits per heavy atom. The van der Waals surface area contributed by atoms with Crippen molar-refractivity contribution in [1.29, 1.82) is 0 Å². The summed E-state index contributed by atoms with van der Waals surface area (Å²) in [4.78, 5) is 29.3. The maximum Gasteiger partial charge on any atom is 0.410 e. The van der Waals surface area contributed by atoms with Gasteiger partial charge in [-0.25, -0.2) is 4.79 Å². The van der Waals surface area contributed by atoms with Crippen LogP contribution in [-0.4, -0.2) is 61.3 Å². The lowest BCUT2D eigenvalue weighted by Crippen LogP contribution is -2.45. The molecule has 2 heterocycles. The van der Waals surface area contributed by atoms with Gasteiger partial charge in [-0.2, -0.15) is 0 Å². The molecule has 0 saturated carbocycles. The maximum atomic E-state index is 13.3. The molecule has 166 valence electrons. The first-order valence-corrected chi connectivity index (χ1v) is 10.7. The van der Waals surface area contributed by atoms with Gasteiger partial charge >= 0.3 is 6.09 Å². The van der Waals surface area contributed by atoms with E-state index in [1.807, 2.05) is 43.9 Å². The second kappa shape index (κ2) is 9.14. The Labute approximate surface area is 179 Å². The number of methoxy groups -OCH3 is 2. The Morgan fingerprint density at radius 2 is 1.70 bits per heavy atom. The zero-order valence-electron chi connectivity index (χ0n) is 18.8. The number of carbonyl (C=O) groups excluding carboxylic acids is 2. The summed E-state index contributed by atoms with van der Waals surface area (Å²) in [7, 11) is 3.27. The van der Waals surface area contributed by atoms with Crippen molar-refractivity contribution in [3.05, 3.63) is 23.8 Å². The van der Waals surface area contributed by atoms with E-state index in [0.717, 1.165) is 36.4 Å². The first-order chi connectivity index (χ1) is 14.2. The molecular formula is C23H34N2O5. The number of nitrogens with zero attached hydrogens (tertiary/aromatic N) is 2. The SMILES string of the molecule is COc1ccc(C2CCCN2C(=O)C2CCN(C(=O)OC(C)(C)C)CC2)c(OC)c1. The van der Waals surface area contributed by atoms with E-state index >= 15 is 0 Å². The number of hydrogen-bond acceptors (Lipinski definition) is 5. The summed E-state index contributed by atoms with van der Waals surface area (Å²) in [6, 6.07) is 5.80. The molecule has 3 rings (SSSR count). The van der Waals surface area contributed by atoms with E-state index in [1.54, 1.807) is 19.1 Å². The van der Waals surface area contributed by atoms with Crippen LogP contribution in [0.15, 0.2) is 18.2 Å². The molecule has 0 N–H and O–H groups in total. The van der Waals surface area contributed by atoms with Crippen molar-refractivity contribution >= 4 is 12.0 Å². The minimum absolute atomic E-state index is 0.0160. The summed E-state index contributed by atoms with van der Waals surface area (Å²) in [5, 5.41) is 0. The van der Waals surface area contributed by atoms with Gasteiger partial charge in [-0.1, -0.05) is 0 Å². The molecule has 2 fully saturated rings. The minimum Gasteiger partial charge on any atom is -0.497 e. The lowest BCUT2D eigenvalue weighted by Gasteiger charge is -2.35. The third-order valence-corrected chi connectivity index (χ3v) is 5.83. The second-order valence-electron chi connectivity index (χ2n) is 9.04. The highest BCUT2D eigenvalue weighted by Crippen LogP contribution is 2.40. The van der Waals surface area contributed by atoms with Crippen molar-refractivity contribution in [3.63, 3.8) is 0 Å². The van der Waals surface area contributed by atoms with Crippen LogP contribution in [-0.2, 0) is 9.53 Å². The Kier molecular flexibility index (Phi) is 6.78. The molecule has 1 aromatic carbocycles. The molecule has 2 amide bonds. The molecule has 7 heteroatoms. The molecule has 2 aliphatic heterocycles. The summed E-state index contributed by atoms with van der Waals surface area (Å²) in [6.07, 6.45) is 2.94. The van der Waals surface area contributed by atoms with Gasteiger partial charge in [0, 0.05) is 37.2 Å². The average molecular weight is 419 g/mol. The van der Waals surface area contributed by atoms with Gasteiger partial charge in [-0.15, -0.1) is 0 Å². The number of ether oxygens (including phenoxy) is 3. The summed E-state index contributed by atoms with van der Waals surface area (Å²) in [5.41, 5.74) is 0.513. The van der Waals surface area contributed by atoms with Gasteiger partial charge in [0.2, 0.25) is 5.91 Å². The predicted octanol–water partition coefficient (Wildman–Crippen LogP) is 4.01. The summed E-state index contributed by atoms with van der Waals surface area (Å²) >= 11 is 0. The van der Waals surface area contributed by atoms with Crippen molar-refractivity contribution in [2.75, 3.05) is 33.9 Å². The van der Waals surface area contributed by atoms with E-state index in [-0.39, 0.29) is 24.0 Å². The van der Waals surface area contributed by atoms with Gasteiger partial charge in [0.25, 0.3) is 0 Å². The fraction of sp³-hybridized carbons (Fsp3) is 0.652. The number of hydrogen-bond donors (Lipinski definition) is 0. The van der Waals surface area contributed by atoms with Crippen molar-refractivity contribution in [1.82, 2.24) is 9.80 Å². The van der Waals surface area contributed by atoms with Crippen molar-refractivity contribution < 1.29 is 23.8 Å². The normalized spacial score (nSPS) is 20.2. The predicted molar refractivity (Wildman–Crippen MR) is 114 cm³/mol. The van der Waals surface area contributed by atoms with E-state index in [1.165, 1.54) is 0 Å². The molecule has 0 spiro atoms. The standard InChI is InChI=1S/C23H34N2O5/c1-23(2,3)30-22(27)24-13-10-16(11-14-24)21(26)25-12-6-7-19(25)18-9-8-17(28-4)15-20(18)29-5/h8-9,15-16,19H,6-7,10-14H2,1-5H3. The third-order valence-electron chi connectivity index (χ3n) is 5.83. The molecule has 2 aliphatic rings. The molecule has 0 radical (unpaired) electrons. The lowest BCUT2D eigenvalue weighted by molar-refractivity contribution is -0.138. The highest BCUT2D eigenvalue weighted by molar-refractivity contribution is 5.80.